The quantitative estimate of drug-likeness (QED) is 0.790. The Morgan fingerprint density at radius 1 is 1.15 bits per heavy atom. The number of Topliss-reactive ketones (excluding diaryl/α,β-unsaturated/α-hetero) is 1. The molecule has 0 aliphatic carbocycles. The predicted octanol–water partition coefficient (Wildman–Crippen LogP) is 2.65. The fourth-order valence-corrected chi connectivity index (χ4v) is 2.90. The standard InChI is InChI=1S/C16H21NO3/c1-11-12(2)17(7-6-14(11)18)13-4-5-15-16(10-13)20-9-3-8-19-15/h4-5,10-12H,3,6-9H2,1-2H3. The first-order valence-corrected chi connectivity index (χ1v) is 7.36. The number of fused-ring (bicyclic) bond motifs is 1. The number of ketones is 1. The van der Waals surface area contributed by atoms with Crippen molar-refractivity contribution in [3.05, 3.63) is 18.2 Å². The van der Waals surface area contributed by atoms with Gasteiger partial charge in [-0.25, -0.2) is 0 Å². The largest absolute Gasteiger partial charge is 0.490 e. The number of carbonyl (C=O) groups is 1. The van der Waals surface area contributed by atoms with E-state index in [1.54, 1.807) is 0 Å². The van der Waals surface area contributed by atoms with Crippen molar-refractivity contribution < 1.29 is 14.3 Å². The van der Waals surface area contributed by atoms with Crippen molar-refractivity contribution in [2.24, 2.45) is 5.92 Å². The normalized spacial score (nSPS) is 26.3. The molecule has 108 valence electrons. The van der Waals surface area contributed by atoms with Gasteiger partial charge in [-0.2, -0.15) is 0 Å². The number of benzene rings is 1. The van der Waals surface area contributed by atoms with Crippen LogP contribution in [0.5, 0.6) is 11.5 Å². The summed E-state index contributed by atoms with van der Waals surface area (Å²) in [5, 5.41) is 0. The molecule has 20 heavy (non-hydrogen) atoms. The Morgan fingerprint density at radius 2 is 1.90 bits per heavy atom. The first-order valence-electron chi connectivity index (χ1n) is 7.36. The smallest absolute Gasteiger partial charge is 0.163 e. The molecule has 0 N–H and O–H groups in total. The summed E-state index contributed by atoms with van der Waals surface area (Å²) < 4.78 is 11.4. The number of nitrogens with zero attached hydrogens (tertiary/aromatic N) is 1. The number of rotatable bonds is 1. The van der Waals surface area contributed by atoms with E-state index in [1.165, 1.54) is 0 Å². The van der Waals surface area contributed by atoms with Crippen LogP contribution in [-0.2, 0) is 4.79 Å². The van der Waals surface area contributed by atoms with Gasteiger partial charge in [0, 0.05) is 43.1 Å². The molecular weight excluding hydrogens is 254 g/mol. The minimum absolute atomic E-state index is 0.0831. The van der Waals surface area contributed by atoms with Gasteiger partial charge < -0.3 is 14.4 Å². The van der Waals surface area contributed by atoms with E-state index in [0.29, 0.717) is 25.4 Å². The Morgan fingerprint density at radius 3 is 2.70 bits per heavy atom. The Kier molecular flexibility index (Phi) is 3.55. The summed E-state index contributed by atoms with van der Waals surface area (Å²) >= 11 is 0. The number of hydrogen-bond acceptors (Lipinski definition) is 4. The third-order valence-corrected chi connectivity index (χ3v) is 4.38. The molecule has 0 spiro atoms. The maximum absolute atomic E-state index is 11.8. The van der Waals surface area contributed by atoms with Crippen LogP contribution < -0.4 is 14.4 Å². The topological polar surface area (TPSA) is 38.8 Å². The Balaban J connectivity index is 1.87. The van der Waals surface area contributed by atoms with Crippen molar-refractivity contribution in [2.45, 2.75) is 32.7 Å². The van der Waals surface area contributed by atoms with Crippen LogP contribution in [0.15, 0.2) is 18.2 Å². The van der Waals surface area contributed by atoms with E-state index in [4.69, 9.17) is 9.47 Å². The van der Waals surface area contributed by atoms with Gasteiger partial charge in [-0.1, -0.05) is 6.92 Å². The summed E-state index contributed by atoms with van der Waals surface area (Å²) in [5.41, 5.74) is 1.11. The number of hydrogen-bond donors (Lipinski definition) is 0. The molecule has 2 atom stereocenters. The SMILES string of the molecule is CC1C(=O)CCN(c2ccc3c(c2)OCCCO3)C1C. The average Bonchev–Trinajstić information content (AvgIpc) is 2.69. The summed E-state index contributed by atoms with van der Waals surface area (Å²) in [6.45, 7) is 6.32. The van der Waals surface area contributed by atoms with E-state index in [1.807, 2.05) is 19.1 Å². The van der Waals surface area contributed by atoms with Crippen LogP contribution in [0.25, 0.3) is 0 Å². The van der Waals surface area contributed by atoms with E-state index in [9.17, 15) is 4.79 Å². The second-order valence-corrected chi connectivity index (χ2v) is 5.62. The van der Waals surface area contributed by atoms with Crippen molar-refractivity contribution in [3.8, 4) is 11.5 Å². The molecule has 4 nitrogen and oxygen atoms in total. The molecule has 1 fully saturated rings. The fourth-order valence-electron chi connectivity index (χ4n) is 2.90. The molecule has 1 aromatic carbocycles. The highest BCUT2D eigenvalue weighted by molar-refractivity contribution is 5.84. The van der Waals surface area contributed by atoms with Gasteiger partial charge in [-0.3, -0.25) is 4.79 Å². The van der Waals surface area contributed by atoms with Gasteiger partial charge in [0.05, 0.1) is 13.2 Å². The van der Waals surface area contributed by atoms with Crippen molar-refractivity contribution in [1.82, 2.24) is 0 Å². The van der Waals surface area contributed by atoms with Gasteiger partial charge in [-0.05, 0) is 19.1 Å². The lowest BCUT2D eigenvalue weighted by molar-refractivity contribution is -0.123. The Hall–Kier alpha value is -1.71. The number of anilines is 1. The van der Waals surface area contributed by atoms with Crippen molar-refractivity contribution >= 4 is 11.5 Å². The third kappa shape index (κ3) is 2.35. The van der Waals surface area contributed by atoms with E-state index >= 15 is 0 Å². The molecule has 1 saturated heterocycles. The monoisotopic (exact) mass is 275 g/mol. The van der Waals surface area contributed by atoms with Crippen LogP contribution in [-0.4, -0.2) is 31.6 Å². The molecule has 2 unspecified atom stereocenters. The lowest BCUT2D eigenvalue weighted by Crippen LogP contribution is -2.46. The van der Waals surface area contributed by atoms with Gasteiger partial charge in [0.25, 0.3) is 0 Å². The molecule has 1 aromatic rings. The highest BCUT2D eigenvalue weighted by Crippen LogP contribution is 2.36. The lowest BCUT2D eigenvalue weighted by Gasteiger charge is -2.38. The molecule has 2 heterocycles. The molecule has 2 aliphatic heterocycles. The maximum atomic E-state index is 11.8. The zero-order valence-corrected chi connectivity index (χ0v) is 12.1. The van der Waals surface area contributed by atoms with Crippen LogP contribution in [0, 0.1) is 5.92 Å². The first-order chi connectivity index (χ1) is 9.66. The predicted molar refractivity (Wildman–Crippen MR) is 77.6 cm³/mol. The van der Waals surface area contributed by atoms with Crippen LogP contribution in [0.3, 0.4) is 0 Å². The lowest BCUT2D eigenvalue weighted by atomic mass is 9.90. The van der Waals surface area contributed by atoms with E-state index < -0.39 is 0 Å². The van der Waals surface area contributed by atoms with Gasteiger partial charge >= 0.3 is 0 Å². The molecule has 0 amide bonds. The second-order valence-electron chi connectivity index (χ2n) is 5.62. The van der Waals surface area contributed by atoms with E-state index in [2.05, 4.69) is 17.9 Å². The van der Waals surface area contributed by atoms with Crippen molar-refractivity contribution in [2.75, 3.05) is 24.7 Å². The van der Waals surface area contributed by atoms with Crippen LogP contribution >= 0.6 is 0 Å². The number of carbonyl (C=O) groups excluding carboxylic acids is 1. The number of piperidine rings is 1. The molecule has 2 aliphatic rings. The third-order valence-electron chi connectivity index (χ3n) is 4.38. The second kappa shape index (κ2) is 5.35. The molecule has 0 bridgehead atoms. The molecule has 0 saturated carbocycles. The Bertz CT molecular complexity index is 514. The zero-order valence-electron chi connectivity index (χ0n) is 12.1. The average molecular weight is 275 g/mol. The van der Waals surface area contributed by atoms with Crippen molar-refractivity contribution in [1.29, 1.82) is 0 Å². The minimum atomic E-state index is 0.0831. The first kappa shape index (κ1) is 13.3. The highest BCUT2D eigenvalue weighted by Gasteiger charge is 2.31. The number of ether oxygens (including phenoxy) is 2. The summed E-state index contributed by atoms with van der Waals surface area (Å²) in [6, 6.07) is 6.30. The maximum Gasteiger partial charge on any atom is 0.163 e. The van der Waals surface area contributed by atoms with Gasteiger partial charge in [0.2, 0.25) is 0 Å². The van der Waals surface area contributed by atoms with Crippen LogP contribution in [0.1, 0.15) is 26.7 Å². The molecule has 4 heteroatoms. The van der Waals surface area contributed by atoms with Crippen LogP contribution in [0.2, 0.25) is 0 Å². The van der Waals surface area contributed by atoms with Gasteiger partial charge in [-0.15, -0.1) is 0 Å². The zero-order chi connectivity index (χ0) is 14.1. The Labute approximate surface area is 119 Å². The molecule has 0 radical (unpaired) electrons. The van der Waals surface area contributed by atoms with E-state index in [0.717, 1.165) is 30.2 Å². The van der Waals surface area contributed by atoms with Crippen molar-refractivity contribution in [3.63, 3.8) is 0 Å². The minimum Gasteiger partial charge on any atom is -0.490 e. The summed E-state index contributed by atoms with van der Waals surface area (Å²) in [6.07, 6.45) is 1.54. The molecule has 3 rings (SSSR count). The fraction of sp³-hybridized carbons (Fsp3) is 0.562. The highest BCUT2D eigenvalue weighted by atomic mass is 16.5. The van der Waals surface area contributed by atoms with Crippen LogP contribution in [0.4, 0.5) is 5.69 Å². The summed E-state index contributed by atoms with van der Waals surface area (Å²) in [4.78, 5) is 14.1. The molecule has 0 aromatic heterocycles. The van der Waals surface area contributed by atoms with Gasteiger partial charge in [0.15, 0.2) is 11.5 Å². The van der Waals surface area contributed by atoms with E-state index in [-0.39, 0.29) is 12.0 Å². The summed E-state index contributed by atoms with van der Waals surface area (Å²) in [7, 11) is 0. The molecular formula is C16H21NO3. The summed E-state index contributed by atoms with van der Waals surface area (Å²) in [5.74, 6) is 2.08. The van der Waals surface area contributed by atoms with Gasteiger partial charge in [0.1, 0.15) is 5.78 Å².